The Bertz CT molecular complexity index is 1360. The van der Waals surface area contributed by atoms with Crippen molar-refractivity contribution in [3.63, 3.8) is 0 Å². The molecule has 0 atom stereocenters. The predicted octanol–water partition coefficient (Wildman–Crippen LogP) is 4.13. The summed E-state index contributed by atoms with van der Waals surface area (Å²) in [6.45, 7) is 6.13. The molecule has 3 aromatic carbocycles. The number of benzene rings is 3. The molecule has 1 heterocycles. The molecule has 0 N–H and O–H groups in total. The van der Waals surface area contributed by atoms with Crippen molar-refractivity contribution in [3.05, 3.63) is 86.8 Å². The Morgan fingerprint density at radius 1 is 0.935 bits per heavy atom. The molecule has 0 fully saturated rings. The molecule has 0 aliphatic carbocycles. The number of carboxylic acid groups (broad SMARTS) is 1. The summed E-state index contributed by atoms with van der Waals surface area (Å²) in [5, 5.41) is 13.9. The van der Waals surface area contributed by atoms with E-state index < -0.39 is 11.6 Å². The SMILES string of the molecule is Cc1ccc2ccccc2c1COc1ccc2c(C)c(CCC(=O)[O-])c(=O)oc2c1C. The van der Waals surface area contributed by atoms with Gasteiger partial charge in [-0.2, -0.15) is 0 Å². The number of aryl methyl sites for hydroxylation is 3. The minimum Gasteiger partial charge on any atom is -0.550 e. The van der Waals surface area contributed by atoms with Crippen molar-refractivity contribution >= 4 is 27.7 Å². The maximum atomic E-state index is 12.5. The molecule has 4 aromatic rings. The van der Waals surface area contributed by atoms with Crippen molar-refractivity contribution in [1.29, 1.82) is 0 Å². The van der Waals surface area contributed by atoms with Crippen molar-refractivity contribution in [1.82, 2.24) is 0 Å². The van der Waals surface area contributed by atoms with Gasteiger partial charge >= 0.3 is 5.63 Å². The molecule has 5 heteroatoms. The topological polar surface area (TPSA) is 79.6 Å². The van der Waals surface area contributed by atoms with Gasteiger partial charge in [0.2, 0.25) is 0 Å². The van der Waals surface area contributed by atoms with Crippen LogP contribution < -0.4 is 15.5 Å². The normalized spacial score (nSPS) is 11.2. The molecule has 0 unspecified atom stereocenters. The van der Waals surface area contributed by atoms with Crippen LogP contribution in [0.3, 0.4) is 0 Å². The minimum absolute atomic E-state index is 0.0874. The Kier molecular flexibility index (Phi) is 5.51. The highest BCUT2D eigenvalue weighted by Crippen LogP contribution is 2.31. The van der Waals surface area contributed by atoms with E-state index in [1.165, 1.54) is 0 Å². The Balaban J connectivity index is 1.69. The third-order valence-corrected chi connectivity index (χ3v) is 5.88. The lowest BCUT2D eigenvalue weighted by Crippen LogP contribution is -2.24. The van der Waals surface area contributed by atoms with Crippen molar-refractivity contribution < 1.29 is 19.1 Å². The molecule has 1 aromatic heterocycles. The zero-order chi connectivity index (χ0) is 22.1. The van der Waals surface area contributed by atoms with Crippen LogP contribution in [-0.2, 0) is 17.8 Å². The monoisotopic (exact) mass is 415 g/mol. The van der Waals surface area contributed by atoms with Crippen molar-refractivity contribution in [2.75, 3.05) is 0 Å². The summed E-state index contributed by atoms with van der Waals surface area (Å²) in [5.41, 5.74) is 4.05. The standard InChI is InChI=1S/C26H24O5/c1-15-8-9-18-6-4-5-7-21(18)22(15)14-30-23-12-10-19-16(2)20(11-13-24(27)28)26(29)31-25(19)17(23)3/h4-10,12H,11,13-14H2,1-3H3,(H,27,28)/p-1. The van der Waals surface area contributed by atoms with Crippen LogP contribution in [0.2, 0.25) is 0 Å². The van der Waals surface area contributed by atoms with Gasteiger partial charge < -0.3 is 19.1 Å². The lowest BCUT2D eigenvalue weighted by atomic mass is 10.00. The quantitative estimate of drug-likeness (QED) is 0.442. The fourth-order valence-corrected chi connectivity index (χ4v) is 4.03. The van der Waals surface area contributed by atoms with Crippen LogP contribution in [-0.4, -0.2) is 5.97 Å². The fraction of sp³-hybridized carbons (Fsp3) is 0.231. The maximum Gasteiger partial charge on any atom is 0.339 e. The Labute approximate surface area is 179 Å². The predicted molar refractivity (Wildman–Crippen MR) is 118 cm³/mol. The van der Waals surface area contributed by atoms with Gasteiger partial charge in [0.1, 0.15) is 17.9 Å². The van der Waals surface area contributed by atoms with Gasteiger partial charge in [-0.3, -0.25) is 0 Å². The Morgan fingerprint density at radius 3 is 2.48 bits per heavy atom. The summed E-state index contributed by atoms with van der Waals surface area (Å²) < 4.78 is 11.7. The number of aliphatic carboxylic acids is 1. The first-order valence-electron chi connectivity index (χ1n) is 10.2. The molecule has 0 aliphatic heterocycles. The van der Waals surface area contributed by atoms with Crippen LogP contribution >= 0.6 is 0 Å². The minimum atomic E-state index is -1.19. The molecule has 0 aliphatic rings. The highest BCUT2D eigenvalue weighted by Gasteiger charge is 2.16. The van der Waals surface area contributed by atoms with Gasteiger partial charge in [-0.25, -0.2) is 4.79 Å². The lowest BCUT2D eigenvalue weighted by molar-refractivity contribution is -0.305. The van der Waals surface area contributed by atoms with E-state index in [9.17, 15) is 14.7 Å². The van der Waals surface area contributed by atoms with E-state index >= 15 is 0 Å². The van der Waals surface area contributed by atoms with E-state index in [2.05, 4.69) is 31.2 Å². The lowest BCUT2D eigenvalue weighted by Gasteiger charge is -2.15. The van der Waals surface area contributed by atoms with E-state index in [4.69, 9.17) is 9.15 Å². The number of carboxylic acids is 1. The van der Waals surface area contributed by atoms with Gasteiger partial charge in [0.05, 0.1) is 0 Å². The van der Waals surface area contributed by atoms with Crippen molar-refractivity contribution in [2.24, 2.45) is 0 Å². The molecule has 5 nitrogen and oxygen atoms in total. The zero-order valence-corrected chi connectivity index (χ0v) is 17.8. The summed E-state index contributed by atoms with van der Waals surface area (Å²) >= 11 is 0. The maximum absolute atomic E-state index is 12.5. The third kappa shape index (κ3) is 3.91. The molecule has 0 amide bonds. The van der Waals surface area contributed by atoms with Crippen LogP contribution in [0.15, 0.2) is 57.7 Å². The van der Waals surface area contributed by atoms with Gasteiger partial charge in [-0.15, -0.1) is 0 Å². The smallest absolute Gasteiger partial charge is 0.339 e. The number of rotatable bonds is 6. The number of hydrogen-bond donors (Lipinski definition) is 0. The van der Waals surface area contributed by atoms with E-state index in [1.807, 2.05) is 38.1 Å². The number of ether oxygens (including phenoxy) is 1. The molecule has 0 saturated carbocycles. The van der Waals surface area contributed by atoms with Gasteiger partial charge in [0.25, 0.3) is 0 Å². The molecule has 0 bridgehead atoms. The average Bonchev–Trinajstić information content (AvgIpc) is 2.74. The number of fused-ring (bicyclic) bond motifs is 2. The molecule has 0 spiro atoms. The van der Waals surface area contributed by atoms with Gasteiger partial charge in [-0.1, -0.05) is 36.4 Å². The van der Waals surface area contributed by atoms with Crippen LogP contribution in [0.1, 0.15) is 34.2 Å². The number of carbonyl (C=O) groups is 1. The van der Waals surface area contributed by atoms with E-state index in [0.717, 1.165) is 38.4 Å². The average molecular weight is 415 g/mol. The number of carbonyl (C=O) groups excluding carboxylic acids is 1. The van der Waals surface area contributed by atoms with Crippen LogP contribution in [0.25, 0.3) is 21.7 Å². The van der Waals surface area contributed by atoms with Crippen molar-refractivity contribution in [2.45, 2.75) is 40.2 Å². The van der Waals surface area contributed by atoms with Gasteiger partial charge in [-0.05, 0) is 67.6 Å². The largest absolute Gasteiger partial charge is 0.550 e. The molecule has 4 rings (SSSR count). The van der Waals surface area contributed by atoms with E-state index in [0.29, 0.717) is 23.5 Å². The summed E-state index contributed by atoms with van der Waals surface area (Å²) in [5.74, 6) is -0.549. The summed E-state index contributed by atoms with van der Waals surface area (Å²) in [6, 6.07) is 16.1. The molecular weight excluding hydrogens is 392 g/mol. The number of hydrogen-bond acceptors (Lipinski definition) is 5. The highest BCUT2D eigenvalue weighted by atomic mass is 16.5. The molecule has 31 heavy (non-hydrogen) atoms. The fourth-order valence-electron chi connectivity index (χ4n) is 4.03. The van der Waals surface area contributed by atoms with E-state index in [-0.39, 0.29) is 12.8 Å². The zero-order valence-electron chi connectivity index (χ0n) is 17.8. The first-order valence-corrected chi connectivity index (χ1v) is 10.2. The molecular formula is C26H23O5-. The first-order chi connectivity index (χ1) is 14.9. The second-order valence-corrected chi connectivity index (χ2v) is 7.80. The molecule has 0 saturated heterocycles. The first kappa shape index (κ1) is 20.7. The Hall–Kier alpha value is -3.60. The van der Waals surface area contributed by atoms with E-state index in [1.54, 1.807) is 0 Å². The molecule has 0 radical (unpaired) electrons. The van der Waals surface area contributed by atoms with Crippen molar-refractivity contribution in [3.8, 4) is 5.75 Å². The van der Waals surface area contributed by atoms with Crippen LogP contribution in [0.5, 0.6) is 5.75 Å². The summed E-state index contributed by atoms with van der Waals surface area (Å²) in [4.78, 5) is 23.3. The summed E-state index contributed by atoms with van der Waals surface area (Å²) in [6.07, 6.45) is -0.133. The second kappa shape index (κ2) is 8.26. The second-order valence-electron chi connectivity index (χ2n) is 7.80. The Morgan fingerprint density at radius 2 is 1.71 bits per heavy atom. The van der Waals surface area contributed by atoms with Crippen LogP contribution in [0.4, 0.5) is 0 Å². The van der Waals surface area contributed by atoms with Gasteiger partial charge in [0, 0.05) is 28.0 Å². The van der Waals surface area contributed by atoms with Crippen LogP contribution in [0, 0.1) is 20.8 Å². The third-order valence-electron chi connectivity index (χ3n) is 5.88. The summed E-state index contributed by atoms with van der Waals surface area (Å²) in [7, 11) is 0. The van der Waals surface area contributed by atoms with Gasteiger partial charge in [0.15, 0.2) is 0 Å². The molecule has 158 valence electrons. The highest BCUT2D eigenvalue weighted by molar-refractivity contribution is 5.87.